The maximum atomic E-state index is 12.8. The molecule has 0 bridgehead atoms. The molecule has 8 heteroatoms. The van der Waals surface area contributed by atoms with E-state index in [1.807, 2.05) is 65.8 Å². The molecule has 1 N–H and O–H groups in total. The first-order valence-electron chi connectivity index (χ1n) is 10.4. The number of fused-ring (bicyclic) bond motifs is 1. The summed E-state index contributed by atoms with van der Waals surface area (Å²) in [7, 11) is 1.38. The quantitative estimate of drug-likeness (QED) is 0.647. The van der Waals surface area contributed by atoms with Gasteiger partial charge in [0.15, 0.2) is 5.17 Å². The number of amides is 1. The highest BCUT2D eigenvalue weighted by Crippen LogP contribution is 2.45. The van der Waals surface area contributed by atoms with Crippen LogP contribution in [0.25, 0.3) is 0 Å². The van der Waals surface area contributed by atoms with Gasteiger partial charge in [0.25, 0.3) is 0 Å². The van der Waals surface area contributed by atoms with Crippen LogP contribution in [0.4, 0.5) is 0 Å². The molecule has 7 nitrogen and oxygen atoms in total. The molecular formula is C24H24N4O3S. The summed E-state index contributed by atoms with van der Waals surface area (Å²) >= 11 is 1.47. The molecular weight excluding hydrogens is 424 g/mol. The fourth-order valence-corrected chi connectivity index (χ4v) is 4.72. The Morgan fingerprint density at radius 3 is 2.62 bits per heavy atom. The molecule has 2 aliphatic rings. The number of thioether (sulfide) groups is 1. The highest BCUT2D eigenvalue weighted by molar-refractivity contribution is 8.16. The molecule has 32 heavy (non-hydrogen) atoms. The third-order valence-corrected chi connectivity index (χ3v) is 6.17. The van der Waals surface area contributed by atoms with Crippen LogP contribution in [0.5, 0.6) is 0 Å². The summed E-state index contributed by atoms with van der Waals surface area (Å²) in [6, 6.07) is 14.9. The van der Waals surface area contributed by atoms with Gasteiger partial charge in [-0.2, -0.15) is 0 Å². The second kappa shape index (κ2) is 9.82. The molecule has 1 amide bonds. The Morgan fingerprint density at radius 2 is 1.94 bits per heavy atom. The lowest BCUT2D eigenvalue weighted by Gasteiger charge is -2.36. The van der Waals surface area contributed by atoms with Gasteiger partial charge < -0.3 is 15.0 Å². The lowest BCUT2D eigenvalue weighted by molar-refractivity contribution is -0.136. The highest BCUT2D eigenvalue weighted by Gasteiger charge is 2.41. The molecule has 2 aliphatic heterocycles. The summed E-state index contributed by atoms with van der Waals surface area (Å²) in [6.45, 7) is 2.33. The maximum absolute atomic E-state index is 12.8. The summed E-state index contributed by atoms with van der Waals surface area (Å²) in [5.74, 6) is -0.533. The molecule has 0 radical (unpaired) electrons. The predicted molar refractivity (Wildman–Crippen MR) is 124 cm³/mol. The minimum Gasteiger partial charge on any atom is -0.466 e. The van der Waals surface area contributed by atoms with E-state index in [0.717, 1.165) is 22.1 Å². The van der Waals surface area contributed by atoms with Crippen LogP contribution >= 0.6 is 11.8 Å². The van der Waals surface area contributed by atoms with Crippen molar-refractivity contribution in [3.8, 4) is 0 Å². The molecule has 1 aromatic heterocycles. The van der Waals surface area contributed by atoms with Crippen LogP contribution in [-0.2, 0) is 20.9 Å². The van der Waals surface area contributed by atoms with Crippen molar-refractivity contribution in [2.45, 2.75) is 32.4 Å². The number of amidine groups is 1. The van der Waals surface area contributed by atoms with Gasteiger partial charge in [-0.3, -0.25) is 9.78 Å². The van der Waals surface area contributed by atoms with Crippen molar-refractivity contribution in [2.24, 2.45) is 4.99 Å². The number of carbonyl (C=O) groups excluding carboxylic acids is 2. The topological polar surface area (TPSA) is 83.9 Å². The molecule has 3 heterocycles. The zero-order valence-electron chi connectivity index (χ0n) is 17.9. The summed E-state index contributed by atoms with van der Waals surface area (Å²) in [5, 5.41) is 5.61. The van der Waals surface area contributed by atoms with Crippen molar-refractivity contribution in [2.75, 3.05) is 7.11 Å². The Hall–Kier alpha value is -3.39. The number of ether oxygens (including phenoxy) is 1. The number of carbonyl (C=O) groups is 2. The average Bonchev–Trinajstić information content (AvgIpc) is 3.24. The highest BCUT2D eigenvalue weighted by atomic mass is 32.2. The van der Waals surface area contributed by atoms with Gasteiger partial charge in [0, 0.05) is 11.9 Å². The number of nitrogens with zero attached hydrogens (tertiary/aromatic N) is 3. The van der Waals surface area contributed by atoms with E-state index in [1.54, 1.807) is 6.20 Å². The van der Waals surface area contributed by atoms with Gasteiger partial charge in [0.2, 0.25) is 5.91 Å². The molecule has 0 fully saturated rings. The molecule has 1 atom stereocenters. The minimum atomic E-state index is -0.408. The molecule has 164 valence electrons. The molecule has 0 saturated heterocycles. The van der Waals surface area contributed by atoms with E-state index in [0.29, 0.717) is 24.2 Å². The largest absolute Gasteiger partial charge is 0.466 e. The van der Waals surface area contributed by atoms with Crippen LogP contribution < -0.4 is 5.32 Å². The van der Waals surface area contributed by atoms with Crippen molar-refractivity contribution >= 4 is 28.8 Å². The van der Waals surface area contributed by atoms with Crippen molar-refractivity contribution in [1.82, 2.24) is 15.2 Å². The van der Waals surface area contributed by atoms with Gasteiger partial charge in [-0.1, -0.05) is 55.1 Å². The van der Waals surface area contributed by atoms with Gasteiger partial charge in [-0.15, -0.1) is 0 Å². The van der Waals surface area contributed by atoms with E-state index in [-0.39, 0.29) is 12.3 Å². The summed E-state index contributed by atoms with van der Waals surface area (Å²) in [6.07, 6.45) is 2.47. The molecule has 1 aromatic carbocycles. The number of hydrogen-bond acceptors (Lipinski definition) is 7. The summed E-state index contributed by atoms with van der Waals surface area (Å²) < 4.78 is 5.12. The lowest BCUT2D eigenvalue weighted by atomic mass is 9.93. The van der Waals surface area contributed by atoms with E-state index in [4.69, 9.17) is 9.73 Å². The third-order valence-electron chi connectivity index (χ3n) is 5.28. The Morgan fingerprint density at radius 1 is 1.16 bits per heavy atom. The van der Waals surface area contributed by atoms with E-state index in [2.05, 4.69) is 10.3 Å². The summed E-state index contributed by atoms with van der Waals surface area (Å²) in [5.41, 5.74) is 3.73. The normalized spacial score (nSPS) is 17.4. The van der Waals surface area contributed by atoms with Gasteiger partial charge in [0.1, 0.15) is 0 Å². The van der Waals surface area contributed by atoms with Gasteiger partial charge in [-0.05, 0) is 29.5 Å². The lowest BCUT2D eigenvalue weighted by Crippen LogP contribution is -2.38. The van der Waals surface area contributed by atoms with E-state index in [1.165, 1.54) is 18.9 Å². The van der Waals surface area contributed by atoms with Crippen LogP contribution in [-0.4, -0.2) is 34.0 Å². The standard InChI is InChI=1S/C24H24N4O3S/c1-3-19-21(23(30)31-2)22(16-9-5-4-6-10-16)28-18(15-32-24(28)27-19)13-20(29)26-14-17-11-7-8-12-25-17/h4-12,15,22H,3,13-14H2,1-2H3,(H,26,29). The Labute approximate surface area is 191 Å². The smallest absolute Gasteiger partial charge is 0.338 e. The molecule has 4 rings (SSSR count). The second-order valence-corrected chi connectivity index (χ2v) is 8.12. The number of methoxy groups -OCH3 is 1. The third kappa shape index (κ3) is 4.45. The fourth-order valence-electron chi connectivity index (χ4n) is 3.78. The van der Waals surface area contributed by atoms with Crippen LogP contribution in [0.1, 0.15) is 37.1 Å². The molecule has 1 unspecified atom stereocenters. The van der Waals surface area contributed by atoms with Crippen molar-refractivity contribution < 1.29 is 14.3 Å². The first kappa shape index (κ1) is 21.8. The predicted octanol–water partition coefficient (Wildman–Crippen LogP) is 3.93. The number of rotatable bonds is 7. The monoisotopic (exact) mass is 448 g/mol. The van der Waals surface area contributed by atoms with Crippen molar-refractivity contribution in [1.29, 1.82) is 0 Å². The van der Waals surface area contributed by atoms with Crippen LogP contribution in [0.3, 0.4) is 0 Å². The molecule has 2 aromatic rings. The number of pyridine rings is 1. The van der Waals surface area contributed by atoms with E-state index in [9.17, 15) is 9.59 Å². The zero-order valence-corrected chi connectivity index (χ0v) is 18.8. The van der Waals surface area contributed by atoms with Gasteiger partial charge in [0.05, 0.1) is 43.1 Å². The first-order valence-corrected chi connectivity index (χ1v) is 11.3. The number of esters is 1. The van der Waals surface area contributed by atoms with Crippen molar-refractivity contribution in [3.63, 3.8) is 0 Å². The molecule has 0 aliphatic carbocycles. The Balaban J connectivity index is 1.61. The number of aromatic nitrogens is 1. The van der Waals surface area contributed by atoms with Gasteiger partial charge >= 0.3 is 5.97 Å². The summed E-state index contributed by atoms with van der Waals surface area (Å²) in [4.78, 5) is 36.5. The van der Waals surface area contributed by atoms with Gasteiger partial charge in [-0.25, -0.2) is 9.79 Å². The molecule has 0 spiro atoms. The number of benzene rings is 1. The zero-order chi connectivity index (χ0) is 22.5. The second-order valence-electron chi connectivity index (χ2n) is 7.28. The van der Waals surface area contributed by atoms with E-state index >= 15 is 0 Å². The minimum absolute atomic E-state index is 0.125. The average molecular weight is 449 g/mol. The maximum Gasteiger partial charge on any atom is 0.338 e. The molecule has 0 saturated carbocycles. The van der Waals surface area contributed by atoms with E-state index < -0.39 is 12.0 Å². The SMILES string of the molecule is CCC1=C(C(=O)OC)C(c2ccccc2)N2C(CC(=O)NCc3ccccn3)=CSC2=N1. The number of hydrogen-bond donors (Lipinski definition) is 1. The number of allylic oxidation sites excluding steroid dienone is 1. The Kier molecular flexibility index (Phi) is 6.70. The van der Waals surface area contributed by atoms with Crippen LogP contribution in [0.2, 0.25) is 0 Å². The first-order chi connectivity index (χ1) is 15.6. The van der Waals surface area contributed by atoms with Crippen molar-refractivity contribution in [3.05, 3.63) is 88.4 Å². The van der Waals surface area contributed by atoms with Crippen LogP contribution in [0, 0.1) is 0 Å². The van der Waals surface area contributed by atoms with Crippen LogP contribution in [0.15, 0.2) is 82.1 Å². The Bertz CT molecular complexity index is 1100. The fraction of sp³-hybridized carbons (Fsp3) is 0.250. The number of nitrogens with one attached hydrogen (secondary N) is 1. The number of aliphatic imine (C=N–C) groups is 1.